The van der Waals surface area contributed by atoms with E-state index in [-0.39, 0.29) is 0 Å². The monoisotopic (exact) mass is 741 g/mol. The zero-order valence-electron chi connectivity index (χ0n) is 31.5. The molecule has 3 aliphatic rings. The van der Waals surface area contributed by atoms with Crippen LogP contribution in [0, 0.1) is 0 Å². The highest BCUT2D eigenvalue weighted by Gasteiger charge is 2.53. The van der Waals surface area contributed by atoms with Gasteiger partial charge in [0.25, 0.3) is 0 Å². The van der Waals surface area contributed by atoms with E-state index in [1.54, 1.807) is 0 Å². The van der Waals surface area contributed by atoms with Crippen LogP contribution in [0.5, 0.6) is 23.0 Å². The first-order valence-corrected chi connectivity index (χ1v) is 19.8. The molecule has 1 heterocycles. The van der Waals surface area contributed by atoms with Crippen LogP contribution < -0.4 is 14.4 Å². The van der Waals surface area contributed by atoms with Crippen molar-refractivity contribution < 1.29 is 9.47 Å². The van der Waals surface area contributed by atoms with Crippen molar-refractivity contribution in [2.75, 3.05) is 4.90 Å². The summed E-state index contributed by atoms with van der Waals surface area (Å²) in [4.78, 5) is 2.31. The van der Waals surface area contributed by atoms with Gasteiger partial charge >= 0.3 is 0 Å². The van der Waals surface area contributed by atoms with Crippen LogP contribution in [0.2, 0.25) is 0 Å². The molecule has 0 fully saturated rings. The minimum absolute atomic E-state index is 0.488. The van der Waals surface area contributed by atoms with Gasteiger partial charge in [0.05, 0.1) is 16.8 Å². The third-order valence-electron chi connectivity index (χ3n) is 12.1. The van der Waals surface area contributed by atoms with Crippen molar-refractivity contribution >= 4 is 17.1 Å². The molecule has 0 saturated heterocycles. The highest BCUT2D eigenvalue weighted by Crippen LogP contribution is 2.67. The average molecular weight is 742 g/mol. The molecule has 12 rings (SSSR count). The molecule has 0 atom stereocenters. The van der Waals surface area contributed by atoms with Crippen molar-refractivity contribution in [3.8, 4) is 67.5 Å². The molecule has 0 unspecified atom stereocenters. The van der Waals surface area contributed by atoms with Crippen LogP contribution in [-0.4, -0.2) is 0 Å². The highest BCUT2D eigenvalue weighted by atomic mass is 16.6. The standard InChI is InChI=1S/C55H35NO2/c1-4-17-36(18-5-1)38-31-33-48(43(35-38)37-19-6-2-7-20-37)56(39-21-8-3-9-22-39)49-29-16-30-50-53(49)58-54-51(57-50)34-32-47-52(54)42-25-12-15-28-46(42)55(47)44-26-13-10-23-40(44)41-24-11-14-27-45(41)55/h1-35H. The van der Waals surface area contributed by atoms with Gasteiger partial charge in [-0.3, -0.25) is 0 Å². The van der Waals surface area contributed by atoms with Gasteiger partial charge in [0.2, 0.25) is 0 Å². The molecular formula is C55H35NO2. The number of hydrogen-bond acceptors (Lipinski definition) is 3. The molecule has 0 radical (unpaired) electrons. The number of hydrogen-bond donors (Lipinski definition) is 0. The summed E-state index contributed by atoms with van der Waals surface area (Å²) < 4.78 is 14.3. The molecule has 0 saturated carbocycles. The molecule has 272 valence electrons. The van der Waals surface area contributed by atoms with E-state index in [1.807, 2.05) is 6.07 Å². The largest absolute Gasteiger partial charge is 0.449 e. The van der Waals surface area contributed by atoms with Crippen molar-refractivity contribution in [1.82, 2.24) is 0 Å². The zero-order valence-corrected chi connectivity index (χ0v) is 31.5. The minimum Gasteiger partial charge on any atom is -0.449 e. The van der Waals surface area contributed by atoms with Gasteiger partial charge < -0.3 is 14.4 Å². The third kappa shape index (κ3) is 4.62. The van der Waals surface area contributed by atoms with Crippen molar-refractivity contribution in [1.29, 1.82) is 0 Å². The maximum atomic E-state index is 7.38. The molecular weight excluding hydrogens is 707 g/mol. The second-order valence-electron chi connectivity index (χ2n) is 15.1. The lowest BCUT2D eigenvalue weighted by molar-refractivity contribution is 0.361. The second kappa shape index (κ2) is 12.7. The van der Waals surface area contributed by atoms with Crippen LogP contribution in [-0.2, 0) is 5.41 Å². The molecule has 58 heavy (non-hydrogen) atoms. The summed E-state index contributed by atoms with van der Waals surface area (Å²) in [5.74, 6) is 2.78. The Morgan fingerprint density at radius 3 is 1.59 bits per heavy atom. The van der Waals surface area contributed by atoms with E-state index >= 15 is 0 Å². The van der Waals surface area contributed by atoms with E-state index < -0.39 is 5.41 Å². The van der Waals surface area contributed by atoms with Crippen molar-refractivity contribution in [2.45, 2.75) is 5.41 Å². The molecule has 3 heteroatoms. The van der Waals surface area contributed by atoms with Crippen LogP contribution >= 0.6 is 0 Å². The van der Waals surface area contributed by atoms with Gasteiger partial charge in [0.1, 0.15) is 0 Å². The number of fused-ring (bicyclic) bond motifs is 13. The van der Waals surface area contributed by atoms with Crippen molar-refractivity contribution in [3.05, 3.63) is 235 Å². The molecule has 1 spiro atoms. The Balaban J connectivity index is 1.08. The second-order valence-corrected chi connectivity index (χ2v) is 15.1. The fourth-order valence-electron chi connectivity index (χ4n) is 9.77. The maximum Gasteiger partial charge on any atom is 0.194 e. The summed E-state index contributed by atoms with van der Waals surface area (Å²) in [5, 5.41) is 0. The number of anilines is 3. The molecule has 0 N–H and O–H groups in total. The average Bonchev–Trinajstić information content (AvgIpc) is 3.77. The van der Waals surface area contributed by atoms with Crippen LogP contribution in [0.25, 0.3) is 44.5 Å². The number of rotatable bonds is 5. The highest BCUT2D eigenvalue weighted by molar-refractivity contribution is 5.99. The van der Waals surface area contributed by atoms with E-state index in [0.717, 1.165) is 50.6 Å². The van der Waals surface area contributed by atoms with Crippen LogP contribution in [0.15, 0.2) is 212 Å². The minimum atomic E-state index is -0.488. The predicted octanol–water partition coefficient (Wildman–Crippen LogP) is 14.7. The molecule has 3 nitrogen and oxygen atoms in total. The molecule has 0 amide bonds. The van der Waals surface area contributed by atoms with Crippen LogP contribution in [0.1, 0.15) is 22.3 Å². The molecule has 9 aromatic rings. The van der Waals surface area contributed by atoms with E-state index in [4.69, 9.17) is 9.47 Å². The number of ether oxygens (including phenoxy) is 2. The normalized spacial score (nSPS) is 13.2. The van der Waals surface area contributed by atoms with Crippen molar-refractivity contribution in [2.24, 2.45) is 0 Å². The Morgan fingerprint density at radius 2 is 0.897 bits per heavy atom. The fourth-order valence-corrected chi connectivity index (χ4v) is 9.77. The van der Waals surface area contributed by atoms with Gasteiger partial charge in [0.15, 0.2) is 23.0 Å². The number of benzene rings is 9. The fraction of sp³-hybridized carbons (Fsp3) is 0.0182. The van der Waals surface area contributed by atoms with Crippen LogP contribution in [0.4, 0.5) is 17.1 Å². The van der Waals surface area contributed by atoms with E-state index in [1.165, 1.54) is 38.9 Å². The van der Waals surface area contributed by atoms with Gasteiger partial charge in [-0.25, -0.2) is 0 Å². The Labute approximate surface area is 337 Å². The lowest BCUT2D eigenvalue weighted by Crippen LogP contribution is -2.25. The quantitative estimate of drug-likeness (QED) is 0.175. The summed E-state index contributed by atoms with van der Waals surface area (Å²) in [5.41, 5.74) is 16.8. The van der Waals surface area contributed by atoms with E-state index in [0.29, 0.717) is 17.2 Å². The van der Waals surface area contributed by atoms with Gasteiger partial charge in [0, 0.05) is 16.8 Å². The van der Waals surface area contributed by atoms with Crippen molar-refractivity contribution in [3.63, 3.8) is 0 Å². The molecule has 0 aromatic heterocycles. The summed E-state index contributed by atoms with van der Waals surface area (Å²) in [7, 11) is 0. The Morgan fingerprint density at radius 1 is 0.328 bits per heavy atom. The first kappa shape index (κ1) is 32.6. The van der Waals surface area contributed by atoms with Gasteiger partial charge in [-0.15, -0.1) is 0 Å². The van der Waals surface area contributed by atoms with Crippen LogP contribution in [0.3, 0.4) is 0 Å². The number of para-hydroxylation sites is 2. The number of nitrogens with zero attached hydrogens (tertiary/aromatic N) is 1. The first-order chi connectivity index (χ1) is 28.8. The smallest absolute Gasteiger partial charge is 0.194 e. The molecule has 9 aromatic carbocycles. The lowest BCUT2D eigenvalue weighted by Gasteiger charge is -2.33. The summed E-state index contributed by atoms with van der Waals surface area (Å²) in [6.07, 6.45) is 0. The van der Waals surface area contributed by atoms with Gasteiger partial charge in [-0.1, -0.05) is 170 Å². The molecule has 2 aliphatic carbocycles. The first-order valence-electron chi connectivity index (χ1n) is 19.8. The summed E-state index contributed by atoms with van der Waals surface area (Å²) >= 11 is 0. The van der Waals surface area contributed by atoms with E-state index in [2.05, 4.69) is 211 Å². The maximum absolute atomic E-state index is 7.38. The Hall–Kier alpha value is -7.62. The zero-order chi connectivity index (χ0) is 38.2. The lowest BCUT2D eigenvalue weighted by atomic mass is 9.70. The molecule has 1 aliphatic heterocycles. The topological polar surface area (TPSA) is 21.7 Å². The summed E-state index contributed by atoms with van der Waals surface area (Å²) in [6.45, 7) is 0. The predicted molar refractivity (Wildman–Crippen MR) is 235 cm³/mol. The Bertz CT molecular complexity index is 3020. The van der Waals surface area contributed by atoms with Gasteiger partial charge in [-0.2, -0.15) is 0 Å². The SMILES string of the molecule is c1ccc(-c2ccc(N(c3ccccc3)c3cccc4c3Oc3c(ccc5c3-c3ccccc3C53c5ccccc5-c5ccccc53)O4)c(-c3ccccc3)c2)cc1. The molecule has 0 bridgehead atoms. The van der Waals surface area contributed by atoms with Gasteiger partial charge in [-0.05, 0) is 98.1 Å². The Kier molecular flexibility index (Phi) is 7.14. The van der Waals surface area contributed by atoms with E-state index in [9.17, 15) is 0 Å². The third-order valence-corrected chi connectivity index (χ3v) is 12.1. The summed E-state index contributed by atoms with van der Waals surface area (Å²) in [6, 6.07) is 75.7.